The molecule has 1 heterocycles. The van der Waals surface area contributed by atoms with E-state index in [1.165, 1.54) is 11.3 Å². The van der Waals surface area contributed by atoms with Gasteiger partial charge in [0, 0.05) is 0 Å². The van der Waals surface area contributed by atoms with Crippen LogP contribution in [0.15, 0.2) is 0 Å². The summed E-state index contributed by atoms with van der Waals surface area (Å²) in [5.74, 6) is -0.411. The molecule has 0 unspecified atom stereocenters. The zero-order valence-corrected chi connectivity index (χ0v) is 12.7. The normalized spacial score (nSPS) is 12.1. The monoisotopic (exact) mass is 269 g/mol. The lowest BCUT2D eigenvalue weighted by molar-refractivity contribution is 0.0700. The van der Waals surface area contributed by atoms with Crippen LogP contribution in [-0.4, -0.2) is 16.1 Å². The number of nitrogens with zero attached hydrogens (tertiary/aromatic N) is 1. The van der Waals surface area contributed by atoms with Crippen molar-refractivity contribution >= 4 is 17.3 Å². The fourth-order valence-corrected chi connectivity index (χ4v) is 2.61. The van der Waals surface area contributed by atoms with Crippen LogP contribution >= 0.6 is 11.3 Å². The van der Waals surface area contributed by atoms with Gasteiger partial charge < -0.3 is 5.11 Å². The second kappa shape index (κ2) is 5.83. The summed E-state index contributed by atoms with van der Waals surface area (Å²) in [6, 6.07) is 0. The van der Waals surface area contributed by atoms with E-state index in [4.69, 9.17) is 0 Å². The Labute approximate surface area is 113 Å². The molecule has 1 aromatic rings. The van der Waals surface area contributed by atoms with E-state index in [0.717, 1.165) is 30.0 Å². The second-order valence-corrected chi connectivity index (χ2v) is 7.43. The highest BCUT2D eigenvalue weighted by Gasteiger charge is 2.19. The summed E-state index contributed by atoms with van der Waals surface area (Å²) >= 11 is 1.34. The maximum absolute atomic E-state index is 11.2. The lowest BCUT2D eigenvalue weighted by atomic mass is 9.91. The summed E-state index contributed by atoms with van der Waals surface area (Å²) in [7, 11) is 0. The molecule has 1 N–H and O–H groups in total. The summed E-state index contributed by atoms with van der Waals surface area (Å²) in [5, 5.41) is 10.1. The number of hydrogen-bond acceptors (Lipinski definition) is 3. The van der Waals surface area contributed by atoms with Crippen molar-refractivity contribution in [2.24, 2.45) is 11.3 Å². The molecule has 3 nitrogen and oxygen atoms in total. The SMILES string of the molecule is CC(C)Cc1nc(CCC(C)(C)C)sc1C(=O)O. The second-order valence-electron chi connectivity index (χ2n) is 6.35. The van der Waals surface area contributed by atoms with Gasteiger partial charge in [-0.15, -0.1) is 11.3 Å². The number of aryl methyl sites for hydroxylation is 1. The van der Waals surface area contributed by atoms with Gasteiger partial charge in [0.2, 0.25) is 0 Å². The average Bonchev–Trinajstić information content (AvgIpc) is 2.56. The number of hydrogen-bond donors (Lipinski definition) is 1. The molecule has 0 atom stereocenters. The fraction of sp³-hybridized carbons (Fsp3) is 0.714. The van der Waals surface area contributed by atoms with Crippen LogP contribution in [0.5, 0.6) is 0 Å². The van der Waals surface area contributed by atoms with Gasteiger partial charge in [0.15, 0.2) is 0 Å². The average molecular weight is 269 g/mol. The van der Waals surface area contributed by atoms with Gasteiger partial charge in [-0.05, 0) is 30.6 Å². The molecule has 0 saturated heterocycles. The van der Waals surface area contributed by atoms with Crippen molar-refractivity contribution in [3.8, 4) is 0 Å². The van der Waals surface area contributed by atoms with E-state index in [2.05, 4.69) is 39.6 Å². The molecule has 4 heteroatoms. The first kappa shape index (κ1) is 15.2. The van der Waals surface area contributed by atoms with Crippen LogP contribution in [-0.2, 0) is 12.8 Å². The zero-order chi connectivity index (χ0) is 13.9. The van der Waals surface area contributed by atoms with Crippen LogP contribution < -0.4 is 0 Å². The predicted octanol–water partition coefficient (Wildman–Crippen LogP) is 4.02. The predicted molar refractivity (Wildman–Crippen MR) is 75.4 cm³/mol. The summed E-state index contributed by atoms with van der Waals surface area (Å²) in [5.41, 5.74) is 1.01. The van der Waals surface area contributed by atoms with E-state index in [-0.39, 0.29) is 5.41 Å². The van der Waals surface area contributed by atoms with Crippen LogP contribution in [0.25, 0.3) is 0 Å². The molecule has 0 spiro atoms. The standard InChI is InChI=1S/C14H23NO2S/c1-9(2)8-10-12(13(16)17)18-11(15-10)6-7-14(3,4)5/h9H,6-8H2,1-5H3,(H,16,17). The molecule has 18 heavy (non-hydrogen) atoms. The molecule has 102 valence electrons. The smallest absolute Gasteiger partial charge is 0.347 e. The summed E-state index contributed by atoms with van der Waals surface area (Å²) in [4.78, 5) is 16.1. The number of carbonyl (C=O) groups is 1. The molecule has 0 saturated carbocycles. The van der Waals surface area contributed by atoms with E-state index in [1.54, 1.807) is 0 Å². The van der Waals surface area contributed by atoms with Crippen LogP contribution in [0.3, 0.4) is 0 Å². The Balaban J connectivity index is 2.85. The van der Waals surface area contributed by atoms with Crippen LogP contribution in [0.1, 0.15) is 61.4 Å². The number of aromatic nitrogens is 1. The van der Waals surface area contributed by atoms with Crippen LogP contribution in [0.4, 0.5) is 0 Å². The van der Waals surface area contributed by atoms with Gasteiger partial charge >= 0.3 is 5.97 Å². The van der Waals surface area contributed by atoms with E-state index >= 15 is 0 Å². The Hall–Kier alpha value is -0.900. The molecular weight excluding hydrogens is 246 g/mol. The van der Waals surface area contributed by atoms with E-state index < -0.39 is 5.97 Å². The first-order chi connectivity index (χ1) is 8.19. The van der Waals surface area contributed by atoms with Gasteiger partial charge in [-0.1, -0.05) is 34.6 Å². The van der Waals surface area contributed by atoms with Gasteiger partial charge in [-0.25, -0.2) is 9.78 Å². The van der Waals surface area contributed by atoms with E-state index in [0.29, 0.717) is 10.8 Å². The van der Waals surface area contributed by atoms with Gasteiger partial charge in [0.05, 0.1) is 10.7 Å². The topological polar surface area (TPSA) is 50.2 Å². The number of rotatable bonds is 5. The first-order valence-corrected chi connectivity index (χ1v) is 7.22. The maximum Gasteiger partial charge on any atom is 0.347 e. The summed E-state index contributed by atoms with van der Waals surface area (Å²) in [6.45, 7) is 10.7. The summed E-state index contributed by atoms with van der Waals surface area (Å²) in [6.07, 6.45) is 2.64. The Bertz CT molecular complexity index is 416. The minimum atomic E-state index is -0.842. The number of aromatic carboxylic acids is 1. The molecule has 1 aromatic heterocycles. The fourth-order valence-electron chi connectivity index (χ4n) is 1.68. The largest absolute Gasteiger partial charge is 0.477 e. The number of carboxylic acids is 1. The summed E-state index contributed by atoms with van der Waals surface area (Å²) < 4.78 is 0. The molecule has 0 aromatic carbocycles. The number of carboxylic acid groups (broad SMARTS) is 1. The van der Waals surface area contributed by atoms with Gasteiger partial charge in [-0.3, -0.25) is 0 Å². The van der Waals surface area contributed by atoms with Crippen LogP contribution in [0, 0.1) is 11.3 Å². The van der Waals surface area contributed by atoms with Crippen molar-refractivity contribution in [1.29, 1.82) is 0 Å². The third-order valence-corrected chi connectivity index (χ3v) is 3.77. The van der Waals surface area contributed by atoms with Crippen LogP contribution in [0.2, 0.25) is 0 Å². The molecule has 0 fully saturated rings. The minimum Gasteiger partial charge on any atom is -0.477 e. The molecule has 0 radical (unpaired) electrons. The first-order valence-electron chi connectivity index (χ1n) is 6.41. The Morgan fingerprint density at radius 1 is 1.39 bits per heavy atom. The van der Waals surface area contributed by atoms with Crippen molar-refractivity contribution in [2.75, 3.05) is 0 Å². The molecule has 0 bridgehead atoms. The van der Waals surface area contributed by atoms with Gasteiger partial charge in [0.25, 0.3) is 0 Å². The highest BCUT2D eigenvalue weighted by molar-refractivity contribution is 7.13. The van der Waals surface area contributed by atoms with Crippen molar-refractivity contribution in [3.05, 3.63) is 15.6 Å². The third kappa shape index (κ3) is 4.77. The Kier molecular flexibility index (Phi) is 4.91. The van der Waals surface area contributed by atoms with Crippen molar-refractivity contribution in [1.82, 2.24) is 4.98 Å². The zero-order valence-electron chi connectivity index (χ0n) is 11.9. The van der Waals surface area contributed by atoms with Gasteiger partial charge in [-0.2, -0.15) is 0 Å². The third-order valence-electron chi connectivity index (χ3n) is 2.63. The lowest BCUT2D eigenvalue weighted by Crippen LogP contribution is -2.06. The lowest BCUT2D eigenvalue weighted by Gasteiger charge is -2.16. The number of thiazole rings is 1. The Morgan fingerprint density at radius 3 is 2.44 bits per heavy atom. The molecule has 1 rings (SSSR count). The molecule has 0 aliphatic carbocycles. The molecule has 0 amide bonds. The van der Waals surface area contributed by atoms with E-state index in [1.807, 2.05) is 0 Å². The van der Waals surface area contributed by atoms with E-state index in [9.17, 15) is 9.90 Å². The highest BCUT2D eigenvalue weighted by Crippen LogP contribution is 2.26. The minimum absolute atomic E-state index is 0.257. The quantitative estimate of drug-likeness (QED) is 0.878. The highest BCUT2D eigenvalue weighted by atomic mass is 32.1. The molecule has 0 aliphatic heterocycles. The van der Waals surface area contributed by atoms with Crippen molar-refractivity contribution in [2.45, 2.75) is 53.9 Å². The maximum atomic E-state index is 11.2. The van der Waals surface area contributed by atoms with Crippen molar-refractivity contribution < 1.29 is 9.90 Å². The van der Waals surface area contributed by atoms with Gasteiger partial charge in [0.1, 0.15) is 4.88 Å². The molecule has 0 aliphatic rings. The van der Waals surface area contributed by atoms with Crippen molar-refractivity contribution in [3.63, 3.8) is 0 Å². The molecular formula is C14H23NO2S. The Morgan fingerprint density at radius 2 is 2.00 bits per heavy atom.